The Morgan fingerprint density at radius 1 is 0.919 bits per heavy atom. The molecule has 3 aromatic rings. The van der Waals surface area contributed by atoms with Gasteiger partial charge in [-0.05, 0) is 35.4 Å². The first-order valence-electron chi connectivity index (χ1n) is 10.9. The lowest BCUT2D eigenvalue weighted by molar-refractivity contribution is -0.385. The zero-order valence-corrected chi connectivity index (χ0v) is 21.4. The van der Waals surface area contributed by atoms with Gasteiger partial charge in [-0.3, -0.25) is 14.9 Å². The van der Waals surface area contributed by atoms with Gasteiger partial charge in [-0.25, -0.2) is 0 Å². The molecule has 192 valence electrons. The Kier molecular flexibility index (Phi) is 9.12. The number of anilines is 1. The van der Waals surface area contributed by atoms with Crippen molar-refractivity contribution in [3.05, 3.63) is 92.6 Å². The van der Waals surface area contributed by atoms with Gasteiger partial charge < -0.3 is 24.3 Å². The fourth-order valence-electron chi connectivity index (χ4n) is 3.51. The van der Waals surface area contributed by atoms with Crippen LogP contribution in [0.5, 0.6) is 23.0 Å². The quantitative estimate of drug-likeness (QED) is 0.103. The molecule has 0 atom stereocenters. The number of nitrogens with zero attached hydrogens (tertiary/aromatic N) is 1. The van der Waals surface area contributed by atoms with Crippen LogP contribution in [0.2, 0.25) is 5.02 Å². The minimum Gasteiger partial charge on any atom is -0.495 e. The van der Waals surface area contributed by atoms with Gasteiger partial charge in [-0.1, -0.05) is 35.9 Å². The number of ether oxygens (including phenoxy) is 4. The number of carbonyl (C=O) groups excluding carboxylic acids is 1. The van der Waals surface area contributed by atoms with Crippen LogP contribution in [-0.4, -0.2) is 39.1 Å². The molecule has 3 aromatic carbocycles. The summed E-state index contributed by atoms with van der Waals surface area (Å²) in [4.78, 5) is 23.2. The van der Waals surface area contributed by atoms with Crippen LogP contribution in [0.4, 0.5) is 11.4 Å². The molecule has 0 radical (unpaired) electrons. The highest BCUT2D eigenvalue weighted by atomic mass is 35.5. The average Bonchev–Trinajstić information content (AvgIpc) is 2.91. The van der Waals surface area contributed by atoms with Crippen molar-refractivity contribution in [3.63, 3.8) is 0 Å². The van der Waals surface area contributed by atoms with Crippen molar-refractivity contribution >= 4 is 40.9 Å². The molecule has 0 saturated heterocycles. The maximum Gasteiger partial charge on any atom is 0.280 e. The van der Waals surface area contributed by atoms with Gasteiger partial charge in [-0.15, -0.1) is 0 Å². The zero-order chi connectivity index (χ0) is 26.9. The van der Waals surface area contributed by atoms with E-state index >= 15 is 0 Å². The van der Waals surface area contributed by atoms with E-state index < -0.39 is 10.7 Å². The van der Waals surface area contributed by atoms with Crippen molar-refractivity contribution in [2.45, 2.75) is 0 Å². The normalized spacial score (nSPS) is 10.9. The monoisotopic (exact) mass is 524 g/mol. The van der Waals surface area contributed by atoms with E-state index in [1.54, 1.807) is 30.3 Å². The molecule has 37 heavy (non-hydrogen) atoms. The highest BCUT2D eigenvalue weighted by molar-refractivity contribution is 6.32. The largest absolute Gasteiger partial charge is 0.495 e. The van der Waals surface area contributed by atoms with Gasteiger partial charge in [0.2, 0.25) is 5.75 Å². The highest BCUT2D eigenvalue weighted by Gasteiger charge is 2.17. The van der Waals surface area contributed by atoms with E-state index in [1.807, 2.05) is 12.2 Å². The third-order valence-corrected chi connectivity index (χ3v) is 5.60. The number of rotatable bonds is 11. The third-order valence-electron chi connectivity index (χ3n) is 5.31. The molecule has 9 nitrogen and oxygen atoms in total. The Morgan fingerprint density at radius 3 is 2.16 bits per heavy atom. The van der Waals surface area contributed by atoms with E-state index in [-0.39, 0.29) is 11.3 Å². The number of nitro benzene ring substituents is 1. The molecule has 0 aromatic heterocycles. The Labute approximate surface area is 219 Å². The number of hydrogen-bond donors (Lipinski definition) is 1. The predicted octanol–water partition coefficient (Wildman–Crippen LogP) is 6.26. The number of nitrogens with one attached hydrogen (secondary N) is 1. The molecule has 0 heterocycles. The summed E-state index contributed by atoms with van der Waals surface area (Å²) in [7, 11) is 6.09. The SMILES string of the molecule is COc1cc(NC=CC(=O)c2ccccc2[N+](=O)[O-])c(C=Cc2cc(OC)c(OC)c(OC)c2)cc1Cl. The van der Waals surface area contributed by atoms with Gasteiger partial charge in [-0.2, -0.15) is 0 Å². The number of nitro groups is 1. The van der Waals surface area contributed by atoms with Gasteiger partial charge in [0.1, 0.15) is 5.75 Å². The molecule has 10 heteroatoms. The highest BCUT2D eigenvalue weighted by Crippen LogP contribution is 2.39. The van der Waals surface area contributed by atoms with Crippen LogP contribution >= 0.6 is 11.6 Å². The fraction of sp³-hybridized carbons (Fsp3) is 0.148. The third kappa shape index (κ3) is 6.39. The van der Waals surface area contributed by atoms with Crippen LogP contribution in [0.3, 0.4) is 0 Å². The molecule has 0 aliphatic rings. The summed E-state index contributed by atoms with van der Waals surface area (Å²) in [5, 5.41) is 14.7. The minimum absolute atomic E-state index is 0.0123. The van der Waals surface area contributed by atoms with Crippen LogP contribution < -0.4 is 24.3 Å². The maximum atomic E-state index is 12.6. The summed E-state index contributed by atoms with van der Waals surface area (Å²) in [6, 6.07) is 12.7. The Balaban J connectivity index is 1.92. The first kappa shape index (κ1) is 27.1. The summed E-state index contributed by atoms with van der Waals surface area (Å²) in [6.07, 6.45) is 6.26. The molecule has 0 fully saturated rings. The minimum atomic E-state index is -0.593. The van der Waals surface area contributed by atoms with Crippen molar-refractivity contribution in [2.75, 3.05) is 33.8 Å². The van der Waals surface area contributed by atoms with Gasteiger partial charge in [0.25, 0.3) is 5.69 Å². The van der Waals surface area contributed by atoms with E-state index in [9.17, 15) is 14.9 Å². The lowest BCUT2D eigenvalue weighted by Gasteiger charge is -2.13. The van der Waals surface area contributed by atoms with E-state index in [2.05, 4.69) is 5.32 Å². The van der Waals surface area contributed by atoms with Gasteiger partial charge in [0, 0.05) is 30.1 Å². The van der Waals surface area contributed by atoms with Gasteiger partial charge in [0.15, 0.2) is 17.3 Å². The van der Waals surface area contributed by atoms with Crippen molar-refractivity contribution < 1.29 is 28.7 Å². The molecule has 3 rings (SSSR count). The molecular formula is C27H25ClN2O7. The number of allylic oxidation sites excluding steroid dienone is 1. The van der Waals surface area contributed by atoms with Crippen LogP contribution in [-0.2, 0) is 0 Å². The second-order valence-corrected chi connectivity index (χ2v) is 7.89. The second-order valence-electron chi connectivity index (χ2n) is 7.48. The summed E-state index contributed by atoms with van der Waals surface area (Å²) in [6.45, 7) is 0. The smallest absolute Gasteiger partial charge is 0.280 e. The first-order valence-corrected chi connectivity index (χ1v) is 11.3. The Bertz CT molecular complexity index is 1340. The summed E-state index contributed by atoms with van der Waals surface area (Å²) in [5.41, 5.74) is 1.76. The lowest BCUT2D eigenvalue weighted by atomic mass is 10.1. The molecule has 0 saturated carbocycles. The number of hydrogen-bond acceptors (Lipinski definition) is 8. The first-order chi connectivity index (χ1) is 17.8. The second kappa shape index (κ2) is 12.5. The van der Waals surface area contributed by atoms with Crippen molar-refractivity contribution in [1.82, 2.24) is 0 Å². The molecule has 0 bridgehead atoms. The van der Waals surface area contributed by atoms with Crippen molar-refractivity contribution in [2.24, 2.45) is 0 Å². The van der Waals surface area contributed by atoms with Crippen LogP contribution in [0.25, 0.3) is 12.2 Å². The molecule has 0 amide bonds. The topological polar surface area (TPSA) is 109 Å². The number of methoxy groups -OCH3 is 4. The van der Waals surface area contributed by atoms with E-state index in [0.29, 0.717) is 39.3 Å². The Morgan fingerprint density at radius 2 is 1.57 bits per heavy atom. The lowest BCUT2D eigenvalue weighted by Crippen LogP contribution is -2.02. The van der Waals surface area contributed by atoms with Crippen molar-refractivity contribution in [3.8, 4) is 23.0 Å². The molecule has 0 aliphatic carbocycles. The number of para-hydroxylation sites is 1. The number of benzene rings is 3. The number of carbonyl (C=O) groups is 1. The van der Waals surface area contributed by atoms with Crippen molar-refractivity contribution in [1.29, 1.82) is 0 Å². The zero-order valence-electron chi connectivity index (χ0n) is 20.6. The van der Waals surface area contributed by atoms with Crippen LogP contribution in [0.15, 0.2) is 60.8 Å². The summed E-state index contributed by atoms with van der Waals surface area (Å²) in [5.74, 6) is 1.39. The van der Waals surface area contributed by atoms with E-state index in [1.165, 1.54) is 58.9 Å². The van der Waals surface area contributed by atoms with E-state index in [4.69, 9.17) is 30.5 Å². The molecule has 0 spiro atoms. The molecule has 0 aliphatic heterocycles. The fourth-order valence-corrected chi connectivity index (χ4v) is 3.76. The molecule has 0 unspecified atom stereocenters. The molecule has 1 N–H and O–H groups in total. The number of ketones is 1. The van der Waals surface area contributed by atoms with Gasteiger partial charge in [0.05, 0.1) is 43.9 Å². The standard InChI is InChI=1S/C27H25ClN2O7/c1-34-24-16-21(29-12-11-23(31)19-7-5-6-8-22(19)30(32)33)18(15-20(24)28)10-9-17-13-25(35-2)27(37-4)26(14-17)36-3/h5-16,29H,1-4H3. The summed E-state index contributed by atoms with van der Waals surface area (Å²) < 4.78 is 21.5. The van der Waals surface area contributed by atoms with Crippen LogP contribution in [0, 0.1) is 10.1 Å². The Hall–Kier alpha value is -4.50. The van der Waals surface area contributed by atoms with Crippen LogP contribution in [0.1, 0.15) is 21.5 Å². The molecular weight excluding hydrogens is 500 g/mol. The maximum absolute atomic E-state index is 12.6. The number of halogens is 1. The van der Waals surface area contributed by atoms with E-state index in [0.717, 1.165) is 5.56 Å². The predicted molar refractivity (Wildman–Crippen MR) is 143 cm³/mol. The average molecular weight is 525 g/mol. The van der Waals surface area contributed by atoms with Gasteiger partial charge >= 0.3 is 0 Å². The summed E-state index contributed by atoms with van der Waals surface area (Å²) >= 11 is 6.35.